The van der Waals surface area contributed by atoms with Crippen molar-refractivity contribution in [1.82, 2.24) is 15.2 Å². The average molecular weight is 345 g/mol. The molecule has 2 N–H and O–H groups in total. The molecule has 0 bridgehead atoms. The number of aromatic nitrogens is 3. The van der Waals surface area contributed by atoms with Gasteiger partial charge in [-0.1, -0.05) is 19.8 Å². The Hall–Kier alpha value is -2.90. The van der Waals surface area contributed by atoms with Crippen molar-refractivity contribution >= 4 is 12.2 Å². The number of hydrogen-bond acceptors (Lipinski definition) is 7. The average Bonchev–Trinajstić information content (AvgIpc) is 2.60. The Labute approximate surface area is 146 Å². The molecule has 0 spiro atoms. The Morgan fingerprint density at radius 2 is 2.12 bits per heavy atom. The van der Waals surface area contributed by atoms with Crippen molar-refractivity contribution in [2.45, 2.75) is 33.1 Å². The first kappa shape index (κ1) is 18.4. The molecule has 8 heteroatoms. The fourth-order valence-electron chi connectivity index (χ4n) is 2.06. The van der Waals surface area contributed by atoms with Crippen LogP contribution in [-0.4, -0.2) is 34.6 Å². The molecule has 0 saturated heterocycles. The Bertz CT molecular complexity index is 745. The van der Waals surface area contributed by atoms with E-state index in [9.17, 15) is 4.79 Å². The fourth-order valence-corrected chi connectivity index (χ4v) is 2.06. The smallest absolute Gasteiger partial charge is 0.271 e. The third-order valence-corrected chi connectivity index (χ3v) is 3.23. The summed E-state index contributed by atoms with van der Waals surface area (Å²) in [6.07, 6.45) is 6.00. The third kappa shape index (κ3) is 6.25. The second kappa shape index (κ2) is 10.1. The summed E-state index contributed by atoms with van der Waals surface area (Å²) < 4.78 is 11.4. The summed E-state index contributed by atoms with van der Waals surface area (Å²) in [6, 6.07) is 5.59. The van der Waals surface area contributed by atoms with Gasteiger partial charge in [-0.2, -0.15) is 5.10 Å². The molecule has 0 amide bonds. The number of H-pyrrole nitrogens is 1. The maximum Gasteiger partial charge on any atom is 0.271 e. The third-order valence-electron chi connectivity index (χ3n) is 3.23. The van der Waals surface area contributed by atoms with Gasteiger partial charge in [-0.3, -0.25) is 9.78 Å². The maximum atomic E-state index is 11.1. The number of anilines is 1. The molecule has 0 aliphatic carbocycles. The molecule has 0 aliphatic rings. The highest BCUT2D eigenvalue weighted by Gasteiger charge is 2.06. The Morgan fingerprint density at radius 1 is 1.24 bits per heavy atom. The topological polar surface area (TPSA) is 101 Å². The van der Waals surface area contributed by atoms with Crippen LogP contribution < -0.4 is 20.5 Å². The van der Waals surface area contributed by atoms with Crippen LogP contribution in [0.15, 0.2) is 34.3 Å². The van der Waals surface area contributed by atoms with Gasteiger partial charge in [0.2, 0.25) is 5.95 Å². The summed E-state index contributed by atoms with van der Waals surface area (Å²) in [5.74, 6) is 1.57. The molecule has 0 aliphatic heterocycles. The molecule has 2 rings (SSSR count). The Morgan fingerprint density at radius 3 is 2.88 bits per heavy atom. The molecule has 0 fully saturated rings. The van der Waals surface area contributed by atoms with Crippen molar-refractivity contribution in [3.8, 4) is 11.5 Å². The number of benzene rings is 1. The Balaban J connectivity index is 2.01. The van der Waals surface area contributed by atoms with E-state index in [1.54, 1.807) is 6.21 Å². The first-order chi connectivity index (χ1) is 12.2. The quantitative estimate of drug-likeness (QED) is 0.390. The number of aromatic amines is 1. The van der Waals surface area contributed by atoms with Crippen LogP contribution >= 0.6 is 0 Å². The molecule has 0 atom stereocenters. The van der Waals surface area contributed by atoms with E-state index in [0.717, 1.165) is 36.8 Å². The van der Waals surface area contributed by atoms with Crippen LogP contribution in [0.25, 0.3) is 0 Å². The monoisotopic (exact) mass is 345 g/mol. The van der Waals surface area contributed by atoms with Crippen molar-refractivity contribution < 1.29 is 9.47 Å². The lowest BCUT2D eigenvalue weighted by Gasteiger charge is -2.12. The van der Waals surface area contributed by atoms with Gasteiger partial charge in [-0.05, 0) is 37.1 Å². The van der Waals surface area contributed by atoms with Crippen LogP contribution in [0, 0.1) is 0 Å². The van der Waals surface area contributed by atoms with Gasteiger partial charge in [0, 0.05) is 0 Å². The highest BCUT2D eigenvalue weighted by molar-refractivity contribution is 5.81. The molecule has 1 heterocycles. The summed E-state index contributed by atoms with van der Waals surface area (Å²) in [4.78, 5) is 13.6. The van der Waals surface area contributed by atoms with E-state index in [-0.39, 0.29) is 11.5 Å². The zero-order valence-corrected chi connectivity index (χ0v) is 14.5. The van der Waals surface area contributed by atoms with Crippen LogP contribution in [0.3, 0.4) is 0 Å². The standard InChI is InChI=1S/C17H23N5O3/c1-3-5-6-9-25-14-8-7-13(10-15(14)24-4-2)11-18-21-17-20-16(23)12-19-22-17/h7-8,10-12H,3-6,9H2,1-2H3,(H2,20,21,22,23)/b18-11+. The predicted molar refractivity (Wildman–Crippen MR) is 96.5 cm³/mol. The van der Waals surface area contributed by atoms with Gasteiger partial charge in [0.05, 0.1) is 19.4 Å². The summed E-state index contributed by atoms with van der Waals surface area (Å²) in [7, 11) is 0. The minimum Gasteiger partial charge on any atom is -0.490 e. The molecule has 0 unspecified atom stereocenters. The molecule has 8 nitrogen and oxygen atoms in total. The highest BCUT2D eigenvalue weighted by atomic mass is 16.5. The van der Waals surface area contributed by atoms with E-state index >= 15 is 0 Å². The van der Waals surface area contributed by atoms with E-state index in [0.29, 0.717) is 19.0 Å². The van der Waals surface area contributed by atoms with Gasteiger partial charge in [-0.25, -0.2) is 5.43 Å². The molecular weight excluding hydrogens is 322 g/mol. The second-order valence-electron chi connectivity index (χ2n) is 5.25. The molecule has 0 radical (unpaired) electrons. The first-order valence-electron chi connectivity index (χ1n) is 8.33. The SMILES string of the molecule is CCCCCOc1ccc(/C=N/Nc2nncc(=O)[nH]2)cc1OCC. The first-order valence-corrected chi connectivity index (χ1v) is 8.33. The molecule has 2 aromatic rings. The zero-order chi connectivity index (χ0) is 17.9. The molecule has 1 aromatic carbocycles. The van der Waals surface area contributed by atoms with Crippen molar-refractivity contribution in [3.05, 3.63) is 40.3 Å². The van der Waals surface area contributed by atoms with Crippen molar-refractivity contribution in [2.24, 2.45) is 5.10 Å². The van der Waals surface area contributed by atoms with Gasteiger partial charge >= 0.3 is 0 Å². The van der Waals surface area contributed by atoms with Gasteiger partial charge < -0.3 is 9.47 Å². The number of nitrogens with zero attached hydrogens (tertiary/aromatic N) is 3. The van der Waals surface area contributed by atoms with E-state index in [4.69, 9.17) is 9.47 Å². The number of unbranched alkanes of at least 4 members (excludes halogenated alkanes) is 2. The minimum absolute atomic E-state index is 0.171. The number of rotatable bonds is 10. The van der Waals surface area contributed by atoms with Crippen LogP contribution in [-0.2, 0) is 0 Å². The molecule has 25 heavy (non-hydrogen) atoms. The lowest BCUT2D eigenvalue weighted by Crippen LogP contribution is -2.10. The largest absolute Gasteiger partial charge is 0.490 e. The Kier molecular flexibility index (Phi) is 7.42. The molecule has 134 valence electrons. The molecular formula is C17H23N5O3. The van der Waals surface area contributed by atoms with Crippen molar-refractivity contribution in [3.63, 3.8) is 0 Å². The van der Waals surface area contributed by atoms with Gasteiger partial charge in [0.15, 0.2) is 11.5 Å². The normalized spacial score (nSPS) is 10.8. The molecule has 0 saturated carbocycles. The lowest BCUT2D eigenvalue weighted by atomic mass is 10.2. The van der Waals surface area contributed by atoms with Crippen LogP contribution in [0.5, 0.6) is 11.5 Å². The van der Waals surface area contributed by atoms with Gasteiger partial charge in [-0.15, -0.1) is 10.2 Å². The summed E-state index contributed by atoms with van der Waals surface area (Å²) in [5.41, 5.74) is 3.09. The van der Waals surface area contributed by atoms with Gasteiger partial charge in [0.1, 0.15) is 6.20 Å². The summed E-state index contributed by atoms with van der Waals surface area (Å²) in [5, 5.41) is 11.3. The minimum atomic E-state index is -0.351. The van der Waals surface area contributed by atoms with E-state index in [1.165, 1.54) is 0 Å². The summed E-state index contributed by atoms with van der Waals surface area (Å²) in [6.45, 7) is 5.30. The van der Waals surface area contributed by atoms with Crippen molar-refractivity contribution in [1.29, 1.82) is 0 Å². The van der Waals surface area contributed by atoms with Crippen molar-refractivity contribution in [2.75, 3.05) is 18.6 Å². The summed E-state index contributed by atoms with van der Waals surface area (Å²) >= 11 is 0. The van der Waals surface area contributed by atoms with E-state index in [2.05, 4.69) is 32.6 Å². The van der Waals surface area contributed by atoms with Crippen LogP contribution in [0.2, 0.25) is 0 Å². The van der Waals surface area contributed by atoms with Gasteiger partial charge in [0.25, 0.3) is 5.56 Å². The number of hydrazone groups is 1. The highest BCUT2D eigenvalue weighted by Crippen LogP contribution is 2.28. The number of ether oxygens (including phenoxy) is 2. The maximum absolute atomic E-state index is 11.1. The second-order valence-corrected chi connectivity index (χ2v) is 5.25. The van der Waals surface area contributed by atoms with E-state index < -0.39 is 0 Å². The van der Waals surface area contributed by atoms with Crippen LogP contribution in [0.4, 0.5) is 5.95 Å². The number of nitrogens with one attached hydrogen (secondary N) is 2. The fraction of sp³-hybridized carbons (Fsp3) is 0.412. The predicted octanol–water partition coefficient (Wildman–Crippen LogP) is 2.58. The molecule has 1 aromatic heterocycles. The zero-order valence-electron chi connectivity index (χ0n) is 14.5. The lowest BCUT2D eigenvalue weighted by molar-refractivity contribution is 0.271. The van der Waals surface area contributed by atoms with Crippen LogP contribution in [0.1, 0.15) is 38.7 Å². The van der Waals surface area contributed by atoms with E-state index in [1.807, 2.05) is 25.1 Å². The number of hydrogen-bond donors (Lipinski definition) is 2.